The first-order valence-electron chi connectivity index (χ1n) is 9.07. The van der Waals surface area contributed by atoms with E-state index in [0.29, 0.717) is 35.0 Å². The zero-order valence-electron chi connectivity index (χ0n) is 15.8. The van der Waals surface area contributed by atoms with E-state index >= 15 is 0 Å². The summed E-state index contributed by atoms with van der Waals surface area (Å²) in [5, 5.41) is 13.2. The van der Waals surface area contributed by atoms with Gasteiger partial charge in [0, 0.05) is 11.1 Å². The molecule has 0 radical (unpaired) electrons. The van der Waals surface area contributed by atoms with Crippen LogP contribution in [-0.4, -0.2) is 29.8 Å². The molecule has 1 aromatic heterocycles. The first-order chi connectivity index (χ1) is 14.1. The Labute approximate surface area is 167 Å². The third kappa shape index (κ3) is 5.10. The molecule has 29 heavy (non-hydrogen) atoms. The molecule has 2 N–H and O–H groups in total. The van der Waals surface area contributed by atoms with Crippen molar-refractivity contribution < 1.29 is 23.8 Å². The van der Waals surface area contributed by atoms with Gasteiger partial charge in [0.15, 0.2) is 0 Å². The standard InChI is InChI=1S/C22H20N2O5/c1-2-13-28-16-9-7-15(8-10-16)21(25)24-23-14-17-11-12-20(29-17)18-5-3-4-6-19(18)22(26)27/h3-12,14H,2,13H2,1H3,(H,24,25)(H,26,27)/b23-14-. The van der Waals surface area contributed by atoms with Gasteiger partial charge in [0.1, 0.15) is 17.3 Å². The zero-order valence-corrected chi connectivity index (χ0v) is 15.8. The van der Waals surface area contributed by atoms with Crippen molar-refractivity contribution in [3.05, 3.63) is 77.6 Å². The molecule has 1 amide bonds. The number of amides is 1. The van der Waals surface area contributed by atoms with Crippen molar-refractivity contribution in [1.82, 2.24) is 5.43 Å². The second-order valence-corrected chi connectivity index (χ2v) is 6.12. The van der Waals surface area contributed by atoms with Gasteiger partial charge in [0.2, 0.25) is 0 Å². The maximum atomic E-state index is 12.1. The summed E-state index contributed by atoms with van der Waals surface area (Å²) in [5.74, 6) is 0.0794. The maximum absolute atomic E-state index is 12.1. The molecular weight excluding hydrogens is 372 g/mol. The number of nitrogens with one attached hydrogen (secondary N) is 1. The second kappa shape index (κ2) is 9.36. The Morgan fingerprint density at radius 3 is 2.59 bits per heavy atom. The second-order valence-electron chi connectivity index (χ2n) is 6.12. The molecule has 7 heteroatoms. The predicted molar refractivity (Wildman–Crippen MR) is 108 cm³/mol. The molecule has 0 unspecified atom stereocenters. The van der Waals surface area contributed by atoms with Gasteiger partial charge in [-0.05, 0) is 48.9 Å². The Morgan fingerprint density at radius 2 is 1.86 bits per heavy atom. The highest BCUT2D eigenvalue weighted by molar-refractivity contribution is 5.96. The lowest BCUT2D eigenvalue weighted by atomic mass is 10.1. The molecule has 0 atom stereocenters. The average molecular weight is 392 g/mol. The summed E-state index contributed by atoms with van der Waals surface area (Å²) in [7, 11) is 0. The van der Waals surface area contributed by atoms with E-state index in [1.807, 2.05) is 6.92 Å². The van der Waals surface area contributed by atoms with E-state index in [4.69, 9.17) is 9.15 Å². The van der Waals surface area contributed by atoms with Crippen LogP contribution in [0.15, 0.2) is 70.2 Å². The van der Waals surface area contributed by atoms with Gasteiger partial charge in [-0.15, -0.1) is 0 Å². The first-order valence-corrected chi connectivity index (χ1v) is 9.07. The Morgan fingerprint density at radius 1 is 1.10 bits per heavy atom. The summed E-state index contributed by atoms with van der Waals surface area (Å²) in [6.45, 7) is 2.64. The van der Waals surface area contributed by atoms with Gasteiger partial charge < -0.3 is 14.3 Å². The van der Waals surface area contributed by atoms with E-state index in [0.717, 1.165) is 6.42 Å². The van der Waals surface area contributed by atoms with Crippen LogP contribution < -0.4 is 10.2 Å². The van der Waals surface area contributed by atoms with Gasteiger partial charge in [0.05, 0.1) is 18.4 Å². The number of aromatic carboxylic acids is 1. The van der Waals surface area contributed by atoms with Crippen molar-refractivity contribution in [3.63, 3.8) is 0 Å². The third-order valence-electron chi connectivity index (χ3n) is 4.00. The molecule has 3 rings (SSSR count). The number of furan rings is 1. The van der Waals surface area contributed by atoms with Crippen LogP contribution >= 0.6 is 0 Å². The molecule has 0 aliphatic carbocycles. The Balaban J connectivity index is 1.63. The number of hydrogen-bond donors (Lipinski definition) is 2. The summed E-state index contributed by atoms with van der Waals surface area (Å²) >= 11 is 0. The van der Waals surface area contributed by atoms with Crippen LogP contribution in [0.2, 0.25) is 0 Å². The number of carbonyl (C=O) groups is 2. The molecule has 0 spiro atoms. The van der Waals surface area contributed by atoms with E-state index in [1.54, 1.807) is 54.6 Å². The molecule has 3 aromatic rings. The Kier molecular flexibility index (Phi) is 6.42. The fourth-order valence-corrected chi connectivity index (χ4v) is 2.59. The average Bonchev–Trinajstić information content (AvgIpc) is 3.21. The lowest BCUT2D eigenvalue weighted by Crippen LogP contribution is -2.17. The van der Waals surface area contributed by atoms with Crippen molar-refractivity contribution in [3.8, 4) is 17.1 Å². The van der Waals surface area contributed by atoms with Crippen molar-refractivity contribution in [2.24, 2.45) is 5.10 Å². The van der Waals surface area contributed by atoms with Gasteiger partial charge in [0.25, 0.3) is 5.91 Å². The SMILES string of the molecule is CCCOc1ccc(C(=O)N/N=C\c2ccc(-c3ccccc3C(=O)O)o2)cc1. The van der Waals surface area contributed by atoms with Gasteiger partial charge in [-0.2, -0.15) is 5.10 Å². The van der Waals surface area contributed by atoms with Gasteiger partial charge in [-0.25, -0.2) is 10.2 Å². The molecule has 0 aliphatic heterocycles. The molecular formula is C22H20N2O5. The van der Waals surface area contributed by atoms with Crippen molar-refractivity contribution >= 4 is 18.1 Å². The van der Waals surface area contributed by atoms with Crippen LogP contribution in [-0.2, 0) is 0 Å². The van der Waals surface area contributed by atoms with E-state index < -0.39 is 5.97 Å². The molecule has 0 saturated carbocycles. The molecule has 0 aliphatic rings. The highest BCUT2D eigenvalue weighted by atomic mass is 16.5. The number of hydrogen-bond acceptors (Lipinski definition) is 5. The van der Waals surface area contributed by atoms with Crippen LogP contribution in [0.5, 0.6) is 5.75 Å². The predicted octanol–water partition coefficient (Wildman–Crippen LogP) is 4.20. The smallest absolute Gasteiger partial charge is 0.336 e. The lowest BCUT2D eigenvalue weighted by Gasteiger charge is -2.05. The van der Waals surface area contributed by atoms with Gasteiger partial charge in [-0.1, -0.05) is 25.1 Å². The molecule has 2 aromatic carbocycles. The molecule has 7 nitrogen and oxygen atoms in total. The number of carbonyl (C=O) groups excluding carboxylic acids is 1. The highest BCUT2D eigenvalue weighted by Crippen LogP contribution is 2.25. The summed E-state index contributed by atoms with van der Waals surface area (Å²) in [6, 6.07) is 16.6. The van der Waals surface area contributed by atoms with E-state index in [9.17, 15) is 14.7 Å². The number of hydrazone groups is 1. The first kappa shape index (κ1) is 19.9. The van der Waals surface area contributed by atoms with Crippen LogP contribution in [0, 0.1) is 0 Å². The van der Waals surface area contributed by atoms with Gasteiger partial charge >= 0.3 is 5.97 Å². The van der Waals surface area contributed by atoms with E-state index in [1.165, 1.54) is 12.3 Å². The van der Waals surface area contributed by atoms with E-state index in [2.05, 4.69) is 10.5 Å². The minimum Gasteiger partial charge on any atom is -0.494 e. The summed E-state index contributed by atoms with van der Waals surface area (Å²) < 4.78 is 11.1. The summed E-state index contributed by atoms with van der Waals surface area (Å²) in [4.78, 5) is 23.5. The highest BCUT2D eigenvalue weighted by Gasteiger charge is 2.13. The quantitative estimate of drug-likeness (QED) is 0.442. The summed E-state index contributed by atoms with van der Waals surface area (Å²) in [5.41, 5.74) is 3.48. The largest absolute Gasteiger partial charge is 0.494 e. The number of nitrogens with zero attached hydrogens (tertiary/aromatic N) is 1. The van der Waals surface area contributed by atoms with Crippen molar-refractivity contribution in [1.29, 1.82) is 0 Å². The monoisotopic (exact) mass is 392 g/mol. The zero-order chi connectivity index (χ0) is 20.6. The number of rotatable bonds is 8. The minimum atomic E-state index is -1.04. The fraction of sp³-hybridized carbons (Fsp3) is 0.136. The number of ether oxygens (including phenoxy) is 1. The molecule has 148 valence electrons. The molecule has 0 saturated heterocycles. The Hall–Kier alpha value is -3.87. The number of carboxylic acids is 1. The molecule has 1 heterocycles. The van der Waals surface area contributed by atoms with Gasteiger partial charge in [-0.3, -0.25) is 4.79 Å². The lowest BCUT2D eigenvalue weighted by molar-refractivity contribution is 0.0697. The van der Waals surface area contributed by atoms with Crippen LogP contribution in [0.3, 0.4) is 0 Å². The van der Waals surface area contributed by atoms with Crippen molar-refractivity contribution in [2.45, 2.75) is 13.3 Å². The van der Waals surface area contributed by atoms with Crippen LogP contribution in [0.25, 0.3) is 11.3 Å². The third-order valence-corrected chi connectivity index (χ3v) is 4.00. The fourth-order valence-electron chi connectivity index (χ4n) is 2.59. The molecule has 0 bridgehead atoms. The molecule has 0 fully saturated rings. The Bertz CT molecular complexity index is 1020. The van der Waals surface area contributed by atoms with Crippen molar-refractivity contribution in [2.75, 3.05) is 6.61 Å². The topological polar surface area (TPSA) is 101 Å². The summed E-state index contributed by atoms with van der Waals surface area (Å²) in [6.07, 6.45) is 2.26. The maximum Gasteiger partial charge on any atom is 0.336 e. The van der Waals surface area contributed by atoms with E-state index in [-0.39, 0.29) is 11.5 Å². The van der Waals surface area contributed by atoms with Crippen LogP contribution in [0.4, 0.5) is 0 Å². The minimum absolute atomic E-state index is 0.144. The van der Waals surface area contributed by atoms with Crippen LogP contribution in [0.1, 0.15) is 39.8 Å². The number of benzene rings is 2. The normalized spacial score (nSPS) is 10.8. The number of carboxylic acid groups (broad SMARTS) is 1.